The van der Waals surface area contributed by atoms with Crippen LogP contribution in [0.1, 0.15) is 65.7 Å². The van der Waals surface area contributed by atoms with E-state index in [-0.39, 0.29) is 58.7 Å². The number of fused-ring (bicyclic) bond motifs is 1. The summed E-state index contributed by atoms with van der Waals surface area (Å²) in [6, 6.07) is 17.0. The second-order valence-electron chi connectivity index (χ2n) is 11.0. The molecule has 0 aliphatic carbocycles. The van der Waals surface area contributed by atoms with Crippen LogP contribution in [0.3, 0.4) is 0 Å². The molecule has 1 aliphatic heterocycles. The van der Waals surface area contributed by atoms with Crippen molar-refractivity contribution in [3.8, 4) is 5.75 Å². The van der Waals surface area contributed by atoms with Gasteiger partial charge in [-0.3, -0.25) is 4.79 Å². The Balaban J connectivity index is 0.00000288. The molecule has 0 bridgehead atoms. The topological polar surface area (TPSA) is 130 Å². The Morgan fingerprint density at radius 2 is 1.85 bits per heavy atom. The molecule has 3 heterocycles. The smallest absolute Gasteiger partial charge is 0.870 e. The van der Waals surface area contributed by atoms with E-state index in [1.165, 1.54) is 28.8 Å². The number of anilines is 1. The normalized spacial score (nSPS) is 13.0. The van der Waals surface area contributed by atoms with Gasteiger partial charge in [0.1, 0.15) is 5.82 Å². The fraction of sp³-hybridized carbons (Fsp3) is 0.353. The molecular formula is C34H39FN3NaO6S. The number of halogens is 1. The van der Waals surface area contributed by atoms with Crippen molar-refractivity contribution in [2.75, 3.05) is 25.6 Å². The minimum absolute atomic E-state index is 0. The summed E-state index contributed by atoms with van der Waals surface area (Å²) in [6.07, 6.45) is 5.60. The summed E-state index contributed by atoms with van der Waals surface area (Å²) < 4.78 is 54.6. The zero-order valence-electron chi connectivity index (χ0n) is 26.8. The molecule has 0 amide bonds. The van der Waals surface area contributed by atoms with Crippen molar-refractivity contribution in [3.05, 3.63) is 106 Å². The Morgan fingerprint density at radius 1 is 1.09 bits per heavy atom. The van der Waals surface area contributed by atoms with Crippen molar-refractivity contribution in [1.82, 2.24) is 8.96 Å². The van der Waals surface area contributed by atoms with Gasteiger partial charge in [0.15, 0.2) is 11.6 Å². The molecule has 0 spiro atoms. The third-order valence-corrected chi connectivity index (χ3v) is 9.61. The first-order valence-electron chi connectivity index (χ1n) is 14.9. The number of methoxy groups -OCH3 is 1. The third-order valence-electron chi connectivity index (χ3n) is 7.91. The number of pyridine rings is 1. The van der Waals surface area contributed by atoms with E-state index in [9.17, 15) is 17.6 Å². The van der Waals surface area contributed by atoms with Crippen LogP contribution in [0.25, 0.3) is 0 Å². The molecule has 0 saturated carbocycles. The molecule has 0 radical (unpaired) electrons. The number of ether oxygens (including phenoxy) is 2. The number of esters is 1. The van der Waals surface area contributed by atoms with Gasteiger partial charge in [-0.25, -0.2) is 21.8 Å². The molecule has 2 aromatic carbocycles. The second kappa shape index (κ2) is 16.6. The Bertz CT molecular complexity index is 1740. The molecule has 0 fully saturated rings. The summed E-state index contributed by atoms with van der Waals surface area (Å²) in [5.41, 5.74) is 4.71. The van der Waals surface area contributed by atoms with Gasteiger partial charge in [-0.1, -0.05) is 29.8 Å². The van der Waals surface area contributed by atoms with Crippen molar-refractivity contribution >= 4 is 21.8 Å². The summed E-state index contributed by atoms with van der Waals surface area (Å²) in [5, 5.41) is 3.37. The maximum Gasteiger partial charge on any atom is 1.00 e. The van der Waals surface area contributed by atoms with Crippen LogP contribution in [0.5, 0.6) is 5.75 Å². The molecule has 1 aliphatic rings. The van der Waals surface area contributed by atoms with E-state index in [4.69, 9.17) is 14.5 Å². The van der Waals surface area contributed by atoms with Gasteiger partial charge in [0.2, 0.25) is 0 Å². The molecule has 2 aromatic heterocycles. The molecule has 1 atom stereocenters. The molecule has 4 aromatic rings. The summed E-state index contributed by atoms with van der Waals surface area (Å²) in [4.78, 5) is 17.7. The van der Waals surface area contributed by atoms with Crippen LogP contribution in [-0.4, -0.2) is 49.1 Å². The van der Waals surface area contributed by atoms with Gasteiger partial charge < -0.3 is 20.3 Å². The molecule has 2 N–H and O–H groups in total. The van der Waals surface area contributed by atoms with E-state index in [2.05, 4.69) is 17.4 Å². The summed E-state index contributed by atoms with van der Waals surface area (Å²) in [5.74, 6) is -0.914. The Labute approximate surface area is 292 Å². The van der Waals surface area contributed by atoms with Gasteiger partial charge in [-0.15, -0.1) is 0 Å². The average molecular weight is 660 g/mol. The fourth-order valence-corrected chi connectivity index (χ4v) is 7.04. The molecule has 240 valence electrons. The fourth-order valence-electron chi connectivity index (χ4n) is 5.60. The first kappa shape index (κ1) is 37.2. The number of carbonyl (C=O) groups excluding carboxylic acids is 1. The number of aromatic nitrogens is 2. The van der Waals surface area contributed by atoms with Crippen LogP contribution in [-0.2, 0) is 38.8 Å². The van der Waals surface area contributed by atoms with E-state index in [1.807, 2.05) is 6.92 Å². The number of hydrogen-bond donors (Lipinski definition) is 1. The number of nitrogens with one attached hydrogen (secondary N) is 1. The van der Waals surface area contributed by atoms with E-state index < -0.39 is 27.7 Å². The van der Waals surface area contributed by atoms with Gasteiger partial charge >= 0.3 is 35.5 Å². The van der Waals surface area contributed by atoms with Gasteiger partial charge in [-0.2, -0.15) is 0 Å². The van der Waals surface area contributed by atoms with Crippen LogP contribution in [0, 0.1) is 12.7 Å². The van der Waals surface area contributed by atoms with Crippen molar-refractivity contribution in [1.29, 1.82) is 0 Å². The zero-order valence-corrected chi connectivity index (χ0v) is 29.6. The Hall–Kier alpha value is -3.22. The Morgan fingerprint density at radius 3 is 2.54 bits per heavy atom. The van der Waals surface area contributed by atoms with Gasteiger partial charge in [-0.05, 0) is 99.0 Å². The standard InChI is InChI=1S/C34H38FN3O5S.Na.H2O/c1-4-43-33(39)21-29(26-13-17-32(42-3)30(35)20-26)31-19-24(22-38(31)44(40,41)28-15-10-23(2)11-16-28)7-5-9-27-14-12-25-8-6-18-36-34(25)37-27;;/h10-17,19-20,22,29H,4-9,18,21H2,1-3H3,(H,36,37);;1H2/q;+1;/p-1. The van der Waals surface area contributed by atoms with Crippen molar-refractivity contribution in [2.24, 2.45) is 0 Å². The largest absolute Gasteiger partial charge is 1.00 e. The maximum absolute atomic E-state index is 14.9. The zero-order chi connectivity index (χ0) is 31.3. The van der Waals surface area contributed by atoms with E-state index in [1.54, 1.807) is 49.5 Å². The van der Waals surface area contributed by atoms with Crippen LogP contribution < -0.4 is 39.6 Å². The van der Waals surface area contributed by atoms with Crippen molar-refractivity contribution < 1.29 is 62.1 Å². The number of nitrogens with zero attached hydrogens (tertiary/aromatic N) is 2. The monoisotopic (exact) mass is 659 g/mol. The van der Waals surface area contributed by atoms with Gasteiger partial charge in [0, 0.05) is 30.0 Å². The van der Waals surface area contributed by atoms with Gasteiger partial charge in [0.05, 0.1) is 25.0 Å². The van der Waals surface area contributed by atoms with Crippen LogP contribution in [0.4, 0.5) is 10.2 Å². The van der Waals surface area contributed by atoms with Crippen LogP contribution >= 0.6 is 0 Å². The van der Waals surface area contributed by atoms with Crippen molar-refractivity contribution in [2.45, 2.75) is 63.2 Å². The van der Waals surface area contributed by atoms with Gasteiger partial charge in [0.25, 0.3) is 10.0 Å². The number of benzene rings is 2. The minimum atomic E-state index is -4.05. The first-order valence-corrected chi connectivity index (χ1v) is 16.4. The summed E-state index contributed by atoms with van der Waals surface area (Å²) in [7, 11) is -2.68. The molecule has 46 heavy (non-hydrogen) atoms. The Kier molecular flexibility index (Phi) is 13.4. The number of carbonyl (C=O) groups is 1. The molecule has 9 nitrogen and oxygen atoms in total. The summed E-state index contributed by atoms with van der Waals surface area (Å²) in [6.45, 7) is 4.68. The maximum atomic E-state index is 14.9. The van der Waals surface area contributed by atoms with Crippen LogP contribution in [0.15, 0.2) is 71.8 Å². The number of rotatable bonds is 12. The number of hydrogen-bond acceptors (Lipinski definition) is 8. The number of aryl methyl sites for hydroxylation is 4. The molecule has 0 saturated heterocycles. The molecule has 5 rings (SSSR count). The van der Waals surface area contributed by atoms with E-state index in [0.29, 0.717) is 17.7 Å². The predicted molar refractivity (Wildman–Crippen MR) is 169 cm³/mol. The molecular weight excluding hydrogens is 620 g/mol. The van der Waals surface area contributed by atoms with E-state index in [0.717, 1.165) is 54.9 Å². The minimum Gasteiger partial charge on any atom is -0.870 e. The molecule has 12 heteroatoms. The quantitative estimate of drug-likeness (QED) is 0.182. The SMILES string of the molecule is CCOC(=O)CC(c1ccc(OC)c(F)c1)c1cc(CCCc2ccc3c(n2)NCCC3)cn1S(=O)(=O)c1ccc(C)cc1.[Na+].[OH-]. The predicted octanol–water partition coefficient (Wildman–Crippen LogP) is 3.02. The summed E-state index contributed by atoms with van der Waals surface area (Å²) >= 11 is 0. The first-order chi connectivity index (χ1) is 21.2. The van der Waals surface area contributed by atoms with Crippen molar-refractivity contribution in [3.63, 3.8) is 0 Å². The average Bonchev–Trinajstić information content (AvgIpc) is 3.45. The van der Waals surface area contributed by atoms with E-state index >= 15 is 0 Å². The van der Waals surface area contributed by atoms with Crippen LogP contribution in [0.2, 0.25) is 0 Å². The third kappa shape index (κ3) is 8.57. The molecule has 1 unspecified atom stereocenters. The second-order valence-corrected chi connectivity index (χ2v) is 12.9.